The van der Waals surface area contributed by atoms with Gasteiger partial charge in [0.05, 0.1) is 5.52 Å². The fraction of sp³-hybridized carbons (Fsp3) is 0.400. The van der Waals surface area contributed by atoms with Gasteiger partial charge in [-0.15, -0.1) is 0 Å². The van der Waals surface area contributed by atoms with Crippen molar-refractivity contribution in [3.8, 4) is 0 Å². The van der Waals surface area contributed by atoms with Crippen molar-refractivity contribution in [1.29, 1.82) is 0 Å². The normalized spacial score (nSPS) is 14.4. The molecular formula is C15H20N2OS. The lowest BCUT2D eigenvalue weighted by Gasteiger charge is -2.14. The van der Waals surface area contributed by atoms with E-state index < -0.39 is 10.8 Å². The topological polar surface area (TPSA) is 42.0 Å². The molecule has 19 heavy (non-hydrogen) atoms. The van der Waals surface area contributed by atoms with Gasteiger partial charge in [-0.2, -0.15) is 0 Å². The number of hydrogen-bond donors (Lipinski definition) is 1. The lowest BCUT2D eigenvalue weighted by atomic mass is 10.1. The number of nitrogens with zero attached hydrogens (tertiary/aromatic N) is 1. The molecule has 0 bridgehead atoms. The first-order valence-corrected chi connectivity index (χ1v) is 8.25. The van der Waals surface area contributed by atoms with Crippen molar-refractivity contribution in [2.45, 2.75) is 25.9 Å². The van der Waals surface area contributed by atoms with Crippen LogP contribution in [0.2, 0.25) is 0 Å². The SMILES string of the molecule is CC(CCS(C)=O)NCc1ccnc2ccccc12. The number of pyridine rings is 1. The number of hydrogen-bond acceptors (Lipinski definition) is 3. The van der Waals surface area contributed by atoms with Gasteiger partial charge in [0.1, 0.15) is 0 Å². The quantitative estimate of drug-likeness (QED) is 0.881. The zero-order valence-electron chi connectivity index (χ0n) is 11.4. The third-order valence-electron chi connectivity index (χ3n) is 3.22. The maximum Gasteiger partial charge on any atom is 0.0705 e. The largest absolute Gasteiger partial charge is 0.310 e. The summed E-state index contributed by atoms with van der Waals surface area (Å²) in [5.74, 6) is 0.755. The Hall–Kier alpha value is -1.26. The molecule has 0 amide bonds. The van der Waals surface area contributed by atoms with Crippen LogP contribution in [-0.2, 0) is 17.3 Å². The van der Waals surface area contributed by atoms with Crippen LogP contribution in [0.4, 0.5) is 0 Å². The van der Waals surface area contributed by atoms with E-state index in [0.717, 1.165) is 24.2 Å². The molecule has 1 N–H and O–H groups in total. The Bertz CT molecular complexity index is 566. The monoisotopic (exact) mass is 276 g/mol. The molecule has 0 fully saturated rings. The van der Waals surface area contributed by atoms with E-state index in [4.69, 9.17) is 0 Å². The van der Waals surface area contributed by atoms with Crippen LogP contribution in [0.5, 0.6) is 0 Å². The van der Waals surface area contributed by atoms with Crippen molar-refractivity contribution in [1.82, 2.24) is 10.3 Å². The van der Waals surface area contributed by atoms with Crippen LogP contribution in [0, 0.1) is 0 Å². The lowest BCUT2D eigenvalue weighted by molar-refractivity contribution is 0.536. The van der Waals surface area contributed by atoms with Crippen LogP contribution in [0.1, 0.15) is 18.9 Å². The molecule has 2 atom stereocenters. The van der Waals surface area contributed by atoms with E-state index >= 15 is 0 Å². The van der Waals surface area contributed by atoms with Crippen LogP contribution in [0.15, 0.2) is 36.5 Å². The minimum Gasteiger partial charge on any atom is -0.310 e. The molecule has 1 aromatic carbocycles. The van der Waals surface area contributed by atoms with E-state index in [-0.39, 0.29) is 0 Å². The van der Waals surface area contributed by atoms with Crippen LogP contribution < -0.4 is 5.32 Å². The Kier molecular flexibility index (Phi) is 5.05. The maximum atomic E-state index is 11.1. The molecule has 0 aliphatic carbocycles. The fourth-order valence-corrected chi connectivity index (χ4v) is 2.72. The minimum atomic E-state index is -0.706. The smallest absolute Gasteiger partial charge is 0.0705 e. The van der Waals surface area contributed by atoms with Crippen molar-refractivity contribution in [3.05, 3.63) is 42.1 Å². The zero-order valence-corrected chi connectivity index (χ0v) is 12.2. The third kappa shape index (κ3) is 4.11. The second-order valence-corrected chi connectivity index (χ2v) is 6.39. The van der Waals surface area contributed by atoms with Crippen molar-refractivity contribution >= 4 is 21.7 Å². The summed E-state index contributed by atoms with van der Waals surface area (Å²) in [7, 11) is -0.706. The third-order valence-corrected chi connectivity index (χ3v) is 4.03. The number of rotatable bonds is 6. The van der Waals surface area contributed by atoms with Crippen molar-refractivity contribution in [2.75, 3.05) is 12.0 Å². The van der Waals surface area contributed by atoms with Gasteiger partial charge in [0, 0.05) is 47.0 Å². The molecule has 0 saturated carbocycles. The molecule has 0 radical (unpaired) electrons. The first-order valence-electron chi connectivity index (χ1n) is 6.53. The second kappa shape index (κ2) is 6.78. The van der Waals surface area contributed by atoms with Crippen LogP contribution in [0.3, 0.4) is 0 Å². The molecule has 0 saturated heterocycles. The number of para-hydroxylation sites is 1. The van der Waals surface area contributed by atoms with E-state index in [1.807, 2.05) is 24.4 Å². The van der Waals surface area contributed by atoms with E-state index in [9.17, 15) is 4.21 Å². The number of fused-ring (bicyclic) bond motifs is 1. The first-order chi connectivity index (χ1) is 9.16. The Morgan fingerprint density at radius 3 is 2.89 bits per heavy atom. The van der Waals surface area contributed by atoms with Gasteiger partial charge < -0.3 is 5.32 Å². The number of benzene rings is 1. The first kappa shape index (κ1) is 14.2. The molecule has 1 aromatic heterocycles. The van der Waals surface area contributed by atoms with Crippen LogP contribution >= 0.6 is 0 Å². The summed E-state index contributed by atoms with van der Waals surface area (Å²) in [6.07, 6.45) is 4.54. The number of nitrogens with one attached hydrogen (secondary N) is 1. The molecule has 4 heteroatoms. The predicted molar refractivity (Wildman–Crippen MR) is 81.6 cm³/mol. The van der Waals surface area contributed by atoms with Gasteiger partial charge in [-0.25, -0.2) is 0 Å². The maximum absolute atomic E-state index is 11.1. The average Bonchev–Trinajstić information content (AvgIpc) is 2.42. The summed E-state index contributed by atoms with van der Waals surface area (Å²) >= 11 is 0. The molecule has 102 valence electrons. The molecule has 0 aliphatic heterocycles. The molecule has 2 rings (SSSR count). The summed E-state index contributed by atoms with van der Waals surface area (Å²) in [4.78, 5) is 4.36. The molecule has 2 aromatic rings. The van der Waals surface area contributed by atoms with Gasteiger partial charge >= 0.3 is 0 Å². The summed E-state index contributed by atoms with van der Waals surface area (Å²) in [5.41, 5.74) is 2.29. The summed E-state index contributed by atoms with van der Waals surface area (Å²) < 4.78 is 11.1. The Morgan fingerprint density at radius 1 is 1.32 bits per heavy atom. The van der Waals surface area contributed by atoms with E-state index in [1.165, 1.54) is 10.9 Å². The van der Waals surface area contributed by atoms with Gasteiger partial charge in [-0.05, 0) is 31.0 Å². The Labute approximate surface area is 116 Å². The highest BCUT2D eigenvalue weighted by Crippen LogP contribution is 2.16. The predicted octanol–water partition coefficient (Wildman–Crippen LogP) is 2.48. The van der Waals surface area contributed by atoms with Gasteiger partial charge in [0.15, 0.2) is 0 Å². The van der Waals surface area contributed by atoms with E-state index in [0.29, 0.717) is 6.04 Å². The zero-order chi connectivity index (χ0) is 13.7. The van der Waals surface area contributed by atoms with Crippen LogP contribution in [0.25, 0.3) is 10.9 Å². The van der Waals surface area contributed by atoms with Crippen molar-refractivity contribution < 1.29 is 4.21 Å². The summed E-state index contributed by atoms with van der Waals surface area (Å²) in [5, 5.41) is 4.68. The minimum absolute atomic E-state index is 0.371. The van der Waals surface area contributed by atoms with Gasteiger partial charge in [-0.1, -0.05) is 18.2 Å². The highest BCUT2D eigenvalue weighted by molar-refractivity contribution is 7.84. The molecular weight excluding hydrogens is 256 g/mol. The van der Waals surface area contributed by atoms with Gasteiger partial charge in [0.2, 0.25) is 0 Å². The fourth-order valence-electron chi connectivity index (χ4n) is 2.04. The molecule has 0 aliphatic rings. The molecule has 3 nitrogen and oxygen atoms in total. The second-order valence-electron chi connectivity index (χ2n) is 4.84. The van der Waals surface area contributed by atoms with Crippen molar-refractivity contribution in [2.24, 2.45) is 0 Å². The van der Waals surface area contributed by atoms with E-state index in [1.54, 1.807) is 6.26 Å². The molecule has 2 unspecified atom stereocenters. The van der Waals surface area contributed by atoms with Crippen molar-refractivity contribution in [3.63, 3.8) is 0 Å². The van der Waals surface area contributed by atoms with E-state index in [2.05, 4.69) is 29.4 Å². The Morgan fingerprint density at radius 2 is 2.11 bits per heavy atom. The molecule has 0 spiro atoms. The summed E-state index contributed by atoms with van der Waals surface area (Å²) in [6, 6.07) is 10.6. The number of aromatic nitrogens is 1. The molecule has 1 heterocycles. The highest BCUT2D eigenvalue weighted by atomic mass is 32.2. The van der Waals surface area contributed by atoms with Gasteiger partial charge in [0.25, 0.3) is 0 Å². The Balaban J connectivity index is 2.00. The highest BCUT2D eigenvalue weighted by Gasteiger charge is 2.05. The lowest BCUT2D eigenvalue weighted by Crippen LogP contribution is -2.27. The standard InChI is InChI=1S/C15H20N2OS/c1-12(8-10-19(2)18)17-11-13-7-9-16-15-6-4-3-5-14(13)15/h3-7,9,12,17H,8,10-11H2,1-2H3. The summed E-state index contributed by atoms with van der Waals surface area (Å²) in [6.45, 7) is 2.96. The van der Waals surface area contributed by atoms with Crippen LogP contribution in [-0.4, -0.2) is 27.2 Å². The average molecular weight is 276 g/mol. The van der Waals surface area contributed by atoms with Gasteiger partial charge in [-0.3, -0.25) is 9.19 Å².